The van der Waals surface area contributed by atoms with Crippen molar-refractivity contribution in [2.45, 2.75) is 20.3 Å². The summed E-state index contributed by atoms with van der Waals surface area (Å²) in [6.45, 7) is 4.27. The Morgan fingerprint density at radius 3 is 2.45 bits per heavy atom. The molecule has 1 aliphatic rings. The van der Waals surface area contributed by atoms with Crippen molar-refractivity contribution < 1.29 is 0 Å². The second-order valence-electron chi connectivity index (χ2n) is 2.53. The number of hydrogen-bond acceptors (Lipinski definition) is 0. The Balaban J connectivity index is 0.000000461. The summed E-state index contributed by atoms with van der Waals surface area (Å²) in [6.07, 6.45) is 11.3. The van der Waals surface area contributed by atoms with Crippen molar-refractivity contribution in [3.8, 4) is 0 Å². The summed E-state index contributed by atoms with van der Waals surface area (Å²) in [5.41, 5.74) is 2.77. The van der Waals surface area contributed by atoms with Crippen LogP contribution in [-0.2, 0) is 0 Å². The first-order valence-electron chi connectivity index (χ1n) is 3.67. The van der Waals surface area contributed by atoms with E-state index in [2.05, 4.69) is 49.8 Å². The van der Waals surface area contributed by atoms with E-state index < -0.39 is 0 Å². The van der Waals surface area contributed by atoms with Gasteiger partial charge in [-0.2, -0.15) is 0 Å². The van der Waals surface area contributed by atoms with E-state index in [1.165, 1.54) is 17.5 Å². The standard InChI is InChI=1S/C9H12.CH3Cl/c1-8-4-3-5-9(2)7-6-8;1-2/h3-4,6-7H,5H2,1-2H3;1H3. The third kappa shape index (κ3) is 4.86. The summed E-state index contributed by atoms with van der Waals surface area (Å²) in [5.74, 6) is 0. The first-order chi connectivity index (χ1) is 5.29. The fourth-order valence-corrected chi connectivity index (χ4v) is 0.828. The molecule has 0 unspecified atom stereocenters. The molecule has 0 aliphatic heterocycles. The van der Waals surface area contributed by atoms with Crippen LogP contribution in [0.1, 0.15) is 20.3 Å². The van der Waals surface area contributed by atoms with Gasteiger partial charge in [-0.3, -0.25) is 0 Å². The highest BCUT2D eigenvalue weighted by Gasteiger charge is 1.88. The molecule has 0 fully saturated rings. The molecule has 1 aliphatic carbocycles. The van der Waals surface area contributed by atoms with E-state index in [0.717, 1.165) is 6.42 Å². The molecular weight excluding hydrogens is 156 g/mol. The molecule has 0 aromatic heterocycles. The van der Waals surface area contributed by atoms with Gasteiger partial charge in [-0.1, -0.05) is 35.5 Å². The third-order valence-electron chi connectivity index (χ3n) is 1.45. The highest BCUT2D eigenvalue weighted by atomic mass is 35.5. The molecule has 1 rings (SSSR count). The zero-order valence-corrected chi connectivity index (χ0v) is 8.15. The van der Waals surface area contributed by atoms with Crippen molar-refractivity contribution in [1.29, 1.82) is 0 Å². The molecule has 11 heavy (non-hydrogen) atoms. The maximum Gasteiger partial charge on any atom is 0.0108 e. The van der Waals surface area contributed by atoms with Crippen molar-refractivity contribution >= 4 is 11.6 Å². The van der Waals surface area contributed by atoms with Crippen LogP contribution < -0.4 is 0 Å². The van der Waals surface area contributed by atoms with Gasteiger partial charge in [-0.25, -0.2) is 0 Å². The van der Waals surface area contributed by atoms with Crippen LogP contribution >= 0.6 is 11.6 Å². The average molecular weight is 171 g/mol. The third-order valence-corrected chi connectivity index (χ3v) is 1.45. The SMILES string of the molecule is CC1=CC=C(C)CC=C1.CCl. The van der Waals surface area contributed by atoms with Gasteiger partial charge in [0.15, 0.2) is 0 Å². The Hall–Kier alpha value is -0.490. The average Bonchev–Trinajstić information content (AvgIpc) is 2.20. The molecule has 62 valence electrons. The predicted octanol–water partition coefficient (Wildman–Crippen LogP) is 3.69. The maximum atomic E-state index is 4.64. The molecule has 1 heteroatoms. The van der Waals surface area contributed by atoms with Gasteiger partial charge >= 0.3 is 0 Å². The second kappa shape index (κ2) is 6.23. The smallest absolute Gasteiger partial charge is 0.0108 e. The van der Waals surface area contributed by atoms with Crippen LogP contribution in [0.2, 0.25) is 0 Å². The first kappa shape index (κ1) is 10.5. The van der Waals surface area contributed by atoms with Gasteiger partial charge in [0.05, 0.1) is 0 Å². The number of alkyl halides is 1. The largest absolute Gasteiger partial charge is 0.130 e. The minimum Gasteiger partial charge on any atom is -0.130 e. The monoisotopic (exact) mass is 170 g/mol. The summed E-state index contributed by atoms with van der Waals surface area (Å²) >= 11 is 4.64. The fourth-order valence-electron chi connectivity index (χ4n) is 0.828. The molecule has 0 N–H and O–H groups in total. The number of rotatable bonds is 0. The van der Waals surface area contributed by atoms with E-state index in [1.54, 1.807) is 0 Å². The Labute approximate surface area is 74.3 Å². The molecular formula is C10H15Cl. The Kier molecular flexibility index (Phi) is 5.96. The lowest BCUT2D eigenvalue weighted by molar-refractivity contribution is 1.22. The molecule has 0 saturated heterocycles. The lowest BCUT2D eigenvalue weighted by Crippen LogP contribution is -1.66. The molecule has 0 nitrogen and oxygen atoms in total. The molecule has 0 aromatic rings. The van der Waals surface area contributed by atoms with Crippen molar-refractivity contribution in [2.24, 2.45) is 0 Å². The summed E-state index contributed by atoms with van der Waals surface area (Å²) in [4.78, 5) is 0. The molecule has 0 bridgehead atoms. The molecule has 0 heterocycles. The van der Waals surface area contributed by atoms with Crippen molar-refractivity contribution in [2.75, 3.05) is 6.38 Å². The van der Waals surface area contributed by atoms with Crippen molar-refractivity contribution in [3.63, 3.8) is 0 Å². The normalized spacial score (nSPS) is 15.6. The minimum atomic E-state index is 1.10. The molecule has 0 amide bonds. The Bertz CT molecular complexity index is 185. The van der Waals surface area contributed by atoms with Crippen LogP contribution in [0.3, 0.4) is 0 Å². The van der Waals surface area contributed by atoms with Crippen LogP contribution in [0.4, 0.5) is 0 Å². The number of hydrogen-bond donors (Lipinski definition) is 0. The maximum absolute atomic E-state index is 4.64. The van der Waals surface area contributed by atoms with Crippen LogP contribution in [0.15, 0.2) is 35.5 Å². The molecule has 0 spiro atoms. The highest BCUT2D eigenvalue weighted by molar-refractivity contribution is 6.15. The Morgan fingerprint density at radius 2 is 1.82 bits per heavy atom. The van der Waals surface area contributed by atoms with E-state index >= 15 is 0 Å². The van der Waals surface area contributed by atoms with E-state index in [4.69, 9.17) is 0 Å². The zero-order chi connectivity index (χ0) is 8.69. The lowest BCUT2D eigenvalue weighted by Gasteiger charge is -1.86. The van der Waals surface area contributed by atoms with Crippen LogP contribution in [0.5, 0.6) is 0 Å². The van der Waals surface area contributed by atoms with Gasteiger partial charge in [0.25, 0.3) is 0 Å². The quantitative estimate of drug-likeness (QED) is 0.487. The predicted molar refractivity (Wildman–Crippen MR) is 53.0 cm³/mol. The fraction of sp³-hybridized carbons (Fsp3) is 0.400. The van der Waals surface area contributed by atoms with Gasteiger partial charge in [-0.15, -0.1) is 11.6 Å². The molecule has 0 saturated carbocycles. The zero-order valence-electron chi connectivity index (χ0n) is 7.39. The lowest BCUT2D eigenvalue weighted by atomic mass is 10.2. The Morgan fingerprint density at radius 1 is 1.18 bits per heavy atom. The molecule has 0 atom stereocenters. The summed E-state index contributed by atoms with van der Waals surface area (Å²) < 4.78 is 0. The molecule has 0 radical (unpaired) electrons. The van der Waals surface area contributed by atoms with Gasteiger partial charge < -0.3 is 0 Å². The summed E-state index contributed by atoms with van der Waals surface area (Å²) in [7, 11) is 0. The van der Waals surface area contributed by atoms with E-state index in [9.17, 15) is 0 Å². The van der Waals surface area contributed by atoms with Crippen LogP contribution in [-0.4, -0.2) is 6.38 Å². The van der Waals surface area contributed by atoms with E-state index in [1.807, 2.05) is 0 Å². The van der Waals surface area contributed by atoms with Crippen molar-refractivity contribution in [3.05, 3.63) is 35.5 Å². The number of allylic oxidation sites excluding steroid dienone is 6. The minimum absolute atomic E-state index is 1.10. The van der Waals surface area contributed by atoms with Gasteiger partial charge in [0.2, 0.25) is 0 Å². The van der Waals surface area contributed by atoms with Gasteiger partial charge in [-0.05, 0) is 20.3 Å². The highest BCUT2D eigenvalue weighted by Crippen LogP contribution is 2.08. The van der Waals surface area contributed by atoms with Gasteiger partial charge in [0, 0.05) is 6.38 Å². The molecule has 0 aromatic carbocycles. The van der Waals surface area contributed by atoms with E-state index in [0.29, 0.717) is 0 Å². The summed E-state index contributed by atoms with van der Waals surface area (Å²) in [6, 6.07) is 0. The summed E-state index contributed by atoms with van der Waals surface area (Å²) in [5, 5.41) is 0. The van der Waals surface area contributed by atoms with Crippen LogP contribution in [0, 0.1) is 0 Å². The van der Waals surface area contributed by atoms with Crippen LogP contribution in [0.25, 0.3) is 0 Å². The van der Waals surface area contributed by atoms with Gasteiger partial charge in [0.1, 0.15) is 0 Å². The first-order valence-corrected chi connectivity index (χ1v) is 4.43. The topological polar surface area (TPSA) is 0 Å². The second-order valence-corrected chi connectivity index (χ2v) is 2.53. The van der Waals surface area contributed by atoms with Crippen molar-refractivity contribution in [1.82, 2.24) is 0 Å². The number of halogens is 1. The van der Waals surface area contributed by atoms with E-state index in [-0.39, 0.29) is 0 Å².